The first-order valence-electron chi connectivity index (χ1n) is 10.5. The SMILES string of the molecule is Clc1ccc(NCc2c(OCc3cccc4ccccc34)ccc3ccccc23)cc1Cl. The van der Waals surface area contributed by atoms with E-state index in [1.165, 1.54) is 21.7 Å². The van der Waals surface area contributed by atoms with Crippen molar-refractivity contribution in [2.45, 2.75) is 13.2 Å². The summed E-state index contributed by atoms with van der Waals surface area (Å²) in [6, 6.07) is 32.8. The average molecular weight is 458 g/mol. The van der Waals surface area contributed by atoms with Crippen LogP contribution in [-0.2, 0) is 13.2 Å². The number of ether oxygens (including phenoxy) is 1. The van der Waals surface area contributed by atoms with Crippen LogP contribution in [0.3, 0.4) is 0 Å². The number of hydrogen-bond donors (Lipinski definition) is 1. The maximum Gasteiger partial charge on any atom is 0.125 e. The molecule has 0 aliphatic rings. The molecule has 0 spiro atoms. The van der Waals surface area contributed by atoms with Gasteiger partial charge in [0, 0.05) is 17.8 Å². The van der Waals surface area contributed by atoms with Gasteiger partial charge in [-0.25, -0.2) is 0 Å². The lowest BCUT2D eigenvalue weighted by molar-refractivity contribution is 0.305. The fourth-order valence-corrected chi connectivity index (χ4v) is 4.30. The van der Waals surface area contributed by atoms with Gasteiger partial charge in [-0.05, 0) is 51.4 Å². The van der Waals surface area contributed by atoms with Crippen molar-refractivity contribution in [3.8, 4) is 5.75 Å². The van der Waals surface area contributed by atoms with Gasteiger partial charge in [0.1, 0.15) is 12.4 Å². The van der Waals surface area contributed by atoms with Crippen molar-refractivity contribution in [2.75, 3.05) is 5.32 Å². The third-order valence-corrected chi connectivity index (χ3v) is 6.39. The molecule has 0 radical (unpaired) electrons. The quantitative estimate of drug-likeness (QED) is 0.275. The van der Waals surface area contributed by atoms with Gasteiger partial charge in [-0.15, -0.1) is 0 Å². The summed E-state index contributed by atoms with van der Waals surface area (Å²) in [5, 5.41) is 9.31. The molecule has 0 saturated heterocycles. The molecule has 5 aromatic carbocycles. The van der Waals surface area contributed by atoms with Gasteiger partial charge in [-0.2, -0.15) is 0 Å². The van der Waals surface area contributed by atoms with Gasteiger partial charge in [-0.3, -0.25) is 0 Å². The zero-order valence-electron chi connectivity index (χ0n) is 17.3. The molecule has 32 heavy (non-hydrogen) atoms. The van der Waals surface area contributed by atoms with Crippen LogP contribution in [0.1, 0.15) is 11.1 Å². The monoisotopic (exact) mass is 457 g/mol. The predicted octanol–water partition coefficient (Wildman–Crippen LogP) is 8.49. The second kappa shape index (κ2) is 9.12. The molecule has 5 aromatic rings. The summed E-state index contributed by atoms with van der Waals surface area (Å²) in [5.74, 6) is 0.865. The van der Waals surface area contributed by atoms with Gasteiger partial charge in [-0.1, -0.05) is 96.0 Å². The Kier molecular flexibility index (Phi) is 5.89. The molecule has 0 aliphatic carbocycles. The number of rotatable bonds is 6. The van der Waals surface area contributed by atoms with Gasteiger partial charge in [0.2, 0.25) is 0 Å². The summed E-state index contributed by atoms with van der Waals surface area (Å²) >= 11 is 12.3. The van der Waals surface area contributed by atoms with Gasteiger partial charge in [0.05, 0.1) is 10.0 Å². The molecule has 158 valence electrons. The Morgan fingerprint density at radius 2 is 1.38 bits per heavy atom. The van der Waals surface area contributed by atoms with E-state index in [4.69, 9.17) is 27.9 Å². The molecule has 2 nitrogen and oxygen atoms in total. The molecule has 4 heteroatoms. The number of anilines is 1. The van der Waals surface area contributed by atoms with Crippen molar-refractivity contribution in [3.05, 3.63) is 118 Å². The van der Waals surface area contributed by atoms with Crippen LogP contribution >= 0.6 is 23.2 Å². The Balaban J connectivity index is 1.46. The molecule has 0 fully saturated rings. The highest BCUT2D eigenvalue weighted by atomic mass is 35.5. The van der Waals surface area contributed by atoms with E-state index in [0.717, 1.165) is 22.4 Å². The summed E-state index contributed by atoms with van der Waals surface area (Å²) in [5.41, 5.74) is 3.18. The molecule has 0 amide bonds. The Labute approximate surface area is 197 Å². The molecule has 0 unspecified atom stereocenters. The number of benzene rings is 5. The molecule has 0 saturated carbocycles. The smallest absolute Gasteiger partial charge is 0.125 e. The second-order valence-corrected chi connectivity index (χ2v) is 8.49. The highest BCUT2D eigenvalue weighted by molar-refractivity contribution is 6.42. The van der Waals surface area contributed by atoms with Crippen LogP contribution in [0.4, 0.5) is 5.69 Å². The zero-order valence-corrected chi connectivity index (χ0v) is 18.8. The van der Waals surface area contributed by atoms with E-state index in [0.29, 0.717) is 23.2 Å². The standard InChI is InChI=1S/C28H21Cl2NO/c29-26-14-13-22(16-27(26)30)31-17-25-24-11-4-2-7-20(24)12-15-28(25)32-18-21-9-5-8-19-6-1-3-10-23(19)21/h1-16,31H,17-18H2. The molecule has 0 bridgehead atoms. The first kappa shape index (κ1) is 20.7. The predicted molar refractivity (Wildman–Crippen MR) is 136 cm³/mol. The maximum atomic E-state index is 6.38. The summed E-state index contributed by atoms with van der Waals surface area (Å²) in [6.45, 7) is 1.10. The highest BCUT2D eigenvalue weighted by Crippen LogP contribution is 2.31. The third kappa shape index (κ3) is 4.25. The Morgan fingerprint density at radius 1 is 0.656 bits per heavy atom. The van der Waals surface area contributed by atoms with Crippen molar-refractivity contribution in [1.82, 2.24) is 0 Å². The normalized spacial score (nSPS) is 11.1. The fourth-order valence-electron chi connectivity index (χ4n) is 4.00. The second-order valence-electron chi connectivity index (χ2n) is 7.67. The van der Waals surface area contributed by atoms with Crippen LogP contribution in [0.15, 0.2) is 97.1 Å². The van der Waals surface area contributed by atoms with Crippen LogP contribution in [0.25, 0.3) is 21.5 Å². The minimum absolute atomic E-state index is 0.499. The number of halogens is 2. The van der Waals surface area contributed by atoms with Crippen molar-refractivity contribution in [3.63, 3.8) is 0 Å². The molecule has 0 heterocycles. The van der Waals surface area contributed by atoms with Crippen LogP contribution in [-0.4, -0.2) is 0 Å². The molecule has 5 rings (SSSR count). The average Bonchev–Trinajstić information content (AvgIpc) is 2.83. The van der Waals surface area contributed by atoms with Gasteiger partial charge >= 0.3 is 0 Å². The van der Waals surface area contributed by atoms with Crippen LogP contribution in [0, 0.1) is 0 Å². The highest BCUT2D eigenvalue weighted by Gasteiger charge is 2.11. The van der Waals surface area contributed by atoms with Gasteiger partial charge in [0.15, 0.2) is 0 Å². The lowest BCUT2D eigenvalue weighted by atomic mass is 10.0. The lowest BCUT2D eigenvalue weighted by Gasteiger charge is -2.16. The van der Waals surface area contributed by atoms with Crippen molar-refractivity contribution >= 4 is 50.4 Å². The lowest BCUT2D eigenvalue weighted by Crippen LogP contribution is -2.05. The molecule has 1 N–H and O–H groups in total. The molecule has 0 atom stereocenters. The first-order valence-corrected chi connectivity index (χ1v) is 11.2. The van der Waals surface area contributed by atoms with E-state index in [1.807, 2.05) is 12.1 Å². The van der Waals surface area contributed by atoms with E-state index in [2.05, 4.69) is 84.2 Å². The Hall–Kier alpha value is -3.20. The Bertz CT molecular complexity index is 1410. The number of fused-ring (bicyclic) bond motifs is 2. The van der Waals surface area contributed by atoms with E-state index >= 15 is 0 Å². The number of nitrogens with one attached hydrogen (secondary N) is 1. The Morgan fingerprint density at radius 3 is 2.19 bits per heavy atom. The van der Waals surface area contributed by atoms with Gasteiger partial charge in [0.25, 0.3) is 0 Å². The van der Waals surface area contributed by atoms with E-state index in [-0.39, 0.29) is 0 Å². The van der Waals surface area contributed by atoms with E-state index < -0.39 is 0 Å². The summed E-state index contributed by atoms with van der Waals surface area (Å²) in [6.07, 6.45) is 0. The van der Waals surface area contributed by atoms with Gasteiger partial charge < -0.3 is 10.1 Å². The first-order chi connectivity index (χ1) is 15.7. The summed E-state index contributed by atoms with van der Waals surface area (Å²) in [7, 11) is 0. The fraction of sp³-hybridized carbons (Fsp3) is 0.0714. The molecular weight excluding hydrogens is 437 g/mol. The largest absolute Gasteiger partial charge is 0.489 e. The number of hydrogen-bond acceptors (Lipinski definition) is 2. The molecule has 0 aromatic heterocycles. The van der Waals surface area contributed by atoms with Crippen molar-refractivity contribution in [2.24, 2.45) is 0 Å². The maximum absolute atomic E-state index is 6.38. The van der Waals surface area contributed by atoms with Crippen LogP contribution in [0.5, 0.6) is 5.75 Å². The van der Waals surface area contributed by atoms with E-state index in [9.17, 15) is 0 Å². The van der Waals surface area contributed by atoms with Crippen LogP contribution in [0.2, 0.25) is 10.0 Å². The third-order valence-electron chi connectivity index (χ3n) is 5.65. The minimum atomic E-state index is 0.499. The van der Waals surface area contributed by atoms with Crippen molar-refractivity contribution in [1.29, 1.82) is 0 Å². The van der Waals surface area contributed by atoms with E-state index in [1.54, 1.807) is 6.07 Å². The van der Waals surface area contributed by atoms with Crippen molar-refractivity contribution < 1.29 is 4.74 Å². The zero-order chi connectivity index (χ0) is 21.9. The topological polar surface area (TPSA) is 21.3 Å². The summed E-state index contributed by atoms with van der Waals surface area (Å²) < 4.78 is 6.38. The molecule has 0 aliphatic heterocycles. The molecular formula is C28H21Cl2NO. The summed E-state index contributed by atoms with van der Waals surface area (Å²) in [4.78, 5) is 0. The minimum Gasteiger partial charge on any atom is -0.489 e. The van der Waals surface area contributed by atoms with Crippen LogP contribution < -0.4 is 10.1 Å².